The Bertz CT molecular complexity index is 1050. The van der Waals surface area contributed by atoms with Gasteiger partial charge in [0.15, 0.2) is 6.61 Å². The number of hydrogen-bond acceptors (Lipinski definition) is 6. The number of benzene rings is 1. The van der Waals surface area contributed by atoms with Gasteiger partial charge < -0.3 is 14.5 Å². The first-order chi connectivity index (χ1) is 13.1. The fourth-order valence-electron chi connectivity index (χ4n) is 3.32. The van der Waals surface area contributed by atoms with Crippen molar-refractivity contribution in [3.8, 4) is 5.75 Å². The van der Waals surface area contributed by atoms with Crippen LogP contribution in [0, 0.1) is 6.92 Å². The van der Waals surface area contributed by atoms with Crippen LogP contribution in [0.5, 0.6) is 5.75 Å². The normalized spacial score (nSPS) is 13.4. The van der Waals surface area contributed by atoms with Gasteiger partial charge in [0.1, 0.15) is 23.0 Å². The van der Waals surface area contributed by atoms with E-state index >= 15 is 0 Å². The van der Waals surface area contributed by atoms with Crippen LogP contribution in [0.15, 0.2) is 29.1 Å². The van der Waals surface area contributed by atoms with Crippen LogP contribution in [0.2, 0.25) is 0 Å². The molecule has 0 saturated heterocycles. The summed E-state index contributed by atoms with van der Waals surface area (Å²) in [5, 5.41) is 0.702. The Labute approximate surface area is 160 Å². The number of para-hydroxylation sites is 1. The quantitative estimate of drug-likeness (QED) is 0.683. The smallest absolute Gasteiger partial charge is 0.344 e. The average molecular weight is 384 g/mol. The molecule has 0 radical (unpaired) electrons. The molecule has 6 nitrogen and oxygen atoms in total. The molecule has 0 atom stereocenters. The second kappa shape index (κ2) is 7.52. The third-order valence-electron chi connectivity index (χ3n) is 4.68. The molecule has 140 valence electrons. The first kappa shape index (κ1) is 17.7. The summed E-state index contributed by atoms with van der Waals surface area (Å²) in [5.41, 5.74) is 1.94. The third kappa shape index (κ3) is 3.73. The van der Waals surface area contributed by atoms with Crippen molar-refractivity contribution in [2.24, 2.45) is 0 Å². The summed E-state index contributed by atoms with van der Waals surface area (Å²) in [5.74, 6) is 0.494. The number of nitrogens with zero attached hydrogens (tertiary/aromatic N) is 1. The molecule has 0 fully saturated rings. The van der Waals surface area contributed by atoms with Gasteiger partial charge >= 0.3 is 5.97 Å². The summed E-state index contributed by atoms with van der Waals surface area (Å²) in [7, 11) is 0. The Balaban J connectivity index is 1.42. The van der Waals surface area contributed by atoms with E-state index in [0.717, 1.165) is 41.6 Å². The predicted octanol–water partition coefficient (Wildman–Crippen LogP) is 3.29. The fourth-order valence-corrected chi connectivity index (χ4v) is 4.60. The molecule has 0 spiro atoms. The SMILES string of the molecule is Cc1ccccc1OCC(=O)OCc1nc2sc3c(c2c(=O)[nH]1)CCCC3. The Morgan fingerprint density at radius 1 is 1.26 bits per heavy atom. The van der Waals surface area contributed by atoms with E-state index in [2.05, 4.69) is 9.97 Å². The summed E-state index contributed by atoms with van der Waals surface area (Å²) in [6, 6.07) is 7.46. The highest BCUT2D eigenvalue weighted by Crippen LogP contribution is 2.33. The van der Waals surface area contributed by atoms with Crippen molar-refractivity contribution < 1.29 is 14.3 Å². The lowest BCUT2D eigenvalue weighted by Gasteiger charge is -2.10. The molecular formula is C20H20N2O4S. The Morgan fingerprint density at radius 2 is 2.07 bits per heavy atom. The summed E-state index contributed by atoms with van der Waals surface area (Å²) in [6.45, 7) is 1.64. The number of ether oxygens (including phenoxy) is 2. The van der Waals surface area contributed by atoms with Gasteiger partial charge in [-0.15, -0.1) is 11.3 Å². The molecule has 1 aromatic carbocycles. The minimum Gasteiger partial charge on any atom is -0.482 e. The number of aryl methyl sites for hydroxylation is 3. The molecule has 1 N–H and O–H groups in total. The lowest BCUT2D eigenvalue weighted by atomic mass is 9.97. The highest BCUT2D eigenvalue weighted by Gasteiger charge is 2.20. The highest BCUT2D eigenvalue weighted by molar-refractivity contribution is 7.18. The Kier molecular flexibility index (Phi) is 4.94. The molecule has 7 heteroatoms. The van der Waals surface area contributed by atoms with Crippen molar-refractivity contribution in [1.29, 1.82) is 0 Å². The zero-order valence-electron chi connectivity index (χ0n) is 15.0. The van der Waals surface area contributed by atoms with Gasteiger partial charge in [-0.3, -0.25) is 4.79 Å². The molecule has 0 saturated carbocycles. The minimum atomic E-state index is -0.508. The molecule has 0 unspecified atom stereocenters. The first-order valence-electron chi connectivity index (χ1n) is 8.99. The largest absolute Gasteiger partial charge is 0.482 e. The van der Waals surface area contributed by atoms with Gasteiger partial charge in [0.2, 0.25) is 0 Å². The van der Waals surface area contributed by atoms with Gasteiger partial charge in [-0.2, -0.15) is 0 Å². The highest BCUT2D eigenvalue weighted by atomic mass is 32.1. The first-order valence-corrected chi connectivity index (χ1v) is 9.81. The Morgan fingerprint density at radius 3 is 2.93 bits per heavy atom. The maximum atomic E-state index is 12.5. The number of carbonyl (C=O) groups is 1. The molecule has 2 aromatic heterocycles. The van der Waals surface area contributed by atoms with Crippen LogP contribution < -0.4 is 10.3 Å². The monoisotopic (exact) mass is 384 g/mol. The molecule has 2 heterocycles. The standard InChI is InChI=1S/C20H20N2O4S/c1-12-6-2-4-8-14(12)25-11-17(23)26-10-16-21-19(24)18-13-7-3-5-9-15(13)27-20(18)22-16/h2,4,6,8H,3,5,7,9-11H2,1H3,(H,21,22,24). The van der Waals surface area contributed by atoms with Crippen LogP contribution >= 0.6 is 11.3 Å². The summed E-state index contributed by atoms with van der Waals surface area (Å²) in [4.78, 5) is 33.6. The number of hydrogen-bond donors (Lipinski definition) is 1. The molecule has 0 aliphatic heterocycles. The van der Waals surface area contributed by atoms with E-state index in [1.807, 2.05) is 25.1 Å². The van der Waals surface area contributed by atoms with Gasteiger partial charge in [0.05, 0.1) is 5.39 Å². The Hall–Kier alpha value is -2.67. The van der Waals surface area contributed by atoms with Crippen LogP contribution in [-0.2, 0) is 29.0 Å². The molecule has 4 rings (SSSR count). The lowest BCUT2D eigenvalue weighted by Crippen LogP contribution is -2.18. The van der Waals surface area contributed by atoms with Crippen molar-refractivity contribution in [3.05, 3.63) is 56.4 Å². The van der Waals surface area contributed by atoms with Crippen molar-refractivity contribution in [3.63, 3.8) is 0 Å². The van der Waals surface area contributed by atoms with Crippen LogP contribution in [0.4, 0.5) is 0 Å². The summed E-state index contributed by atoms with van der Waals surface area (Å²) in [6.07, 6.45) is 4.21. The number of nitrogens with one attached hydrogen (secondary N) is 1. The second-order valence-corrected chi connectivity index (χ2v) is 7.70. The molecule has 0 bridgehead atoms. The van der Waals surface area contributed by atoms with Crippen molar-refractivity contribution >= 4 is 27.5 Å². The molecule has 1 aliphatic rings. The number of aromatic amines is 1. The van der Waals surface area contributed by atoms with Crippen LogP contribution in [0.1, 0.15) is 34.7 Å². The minimum absolute atomic E-state index is 0.0797. The number of thiophene rings is 1. The van der Waals surface area contributed by atoms with Crippen LogP contribution in [0.3, 0.4) is 0 Å². The molecule has 1 aliphatic carbocycles. The average Bonchev–Trinajstić information content (AvgIpc) is 3.04. The number of rotatable bonds is 5. The van der Waals surface area contributed by atoms with Crippen molar-refractivity contribution in [2.75, 3.05) is 6.61 Å². The van der Waals surface area contributed by atoms with E-state index in [-0.39, 0.29) is 18.8 Å². The second-order valence-electron chi connectivity index (χ2n) is 6.62. The van der Waals surface area contributed by atoms with Gasteiger partial charge in [0.25, 0.3) is 5.56 Å². The van der Waals surface area contributed by atoms with Gasteiger partial charge in [-0.1, -0.05) is 18.2 Å². The van der Waals surface area contributed by atoms with Crippen LogP contribution in [0.25, 0.3) is 10.2 Å². The number of esters is 1. The lowest BCUT2D eigenvalue weighted by molar-refractivity contribution is -0.147. The van der Waals surface area contributed by atoms with E-state index in [1.165, 1.54) is 4.88 Å². The third-order valence-corrected chi connectivity index (χ3v) is 5.87. The number of H-pyrrole nitrogens is 1. The molecule has 3 aromatic rings. The topological polar surface area (TPSA) is 81.3 Å². The summed E-state index contributed by atoms with van der Waals surface area (Å²) >= 11 is 1.58. The van der Waals surface area contributed by atoms with E-state index in [1.54, 1.807) is 17.4 Å². The van der Waals surface area contributed by atoms with Crippen LogP contribution in [-0.4, -0.2) is 22.5 Å². The number of carbonyl (C=O) groups excluding carboxylic acids is 1. The van der Waals surface area contributed by atoms with Gasteiger partial charge in [0, 0.05) is 4.88 Å². The zero-order chi connectivity index (χ0) is 18.8. The maximum Gasteiger partial charge on any atom is 0.344 e. The summed E-state index contributed by atoms with van der Waals surface area (Å²) < 4.78 is 10.7. The fraction of sp³-hybridized carbons (Fsp3) is 0.350. The number of aromatic nitrogens is 2. The van der Waals surface area contributed by atoms with Gasteiger partial charge in [-0.05, 0) is 49.8 Å². The van der Waals surface area contributed by atoms with E-state index in [0.29, 0.717) is 17.0 Å². The number of fused-ring (bicyclic) bond motifs is 3. The zero-order valence-corrected chi connectivity index (χ0v) is 15.9. The van der Waals surface area contributed by atoms with Crippen molar-refractivity contribution in [2.45, 2.75) is 39.2 Å². The molecule has 27 heavy (non-hydrogen) atoms. The van der Waals surface area contributed by atoms with E-state index in [9.17, 15) is 9.59 Å². The maximum absolute atomic E-state index is 12.5. The van der Waals surface area contributed by atoms with Gasteiger partial charge in [-0.25, -0.2) is 9.78 Å². The van der Waals surface area contributed by atoms with E-state index < -0.39 is 5.97 Å². The van der Waals surface area contributed by atoms with E-state index in [4.69, 9.17) is 9.47 Å². The predicted molar refractivity (Wildman–Crippen MR) is 103 cm³/mol. The molecular weight excluding hydrogens is 364 g/mol. The molecule has 0 amide bonds. The van der Waals surface area contributed by atoms with Crippen molar-refractivity contribution in [1.82, 2.24) is 9.97 Å².